The average molecular weight is 476 g/mol. The van der Waals surface area contributed by atoms with Crippen LogP contribution in [0, 0.1) is 6.92 Å². The van der Waals surface area contributed by atoms with Crippen LogP contribution in [0.4, 0.5) is 11.4 Å². The number of halogens is 1. The lowest BCUT2D eigenvalue weighted by Crippen LogP contribution is -2.21. The zero-order valence-corrected chi connectivity index (χ0v) is 20.9. The third kappa shape index (κ3) is 4.73. The highest BCUT2D eigenvalue weighted by Crippen LogP contribution is 2.39. The number of fused-ring (bicyclic) bond motifs is 1. The number of nitrogens with one attached hydrogen (secondary N) is 1. The minimum atomic E-state index is 0.553. The number of allylic oxidation sites excluding steroid dienone is 5. The van der Waals surface area contributed by atoms with Crippen LogP contribution in [0.15, 0.2) is 71.5 Å². The Hall–Kier alpha value is -2.56. The summed E-state index contributed by atoms with van der Waals surface area (Å²) in [5.74, 6) is 0. The van der Waals surface area contributed by atoms with Gasteiger partial charge in [0.15, 0.2) is 0 Å². The predicted molar refractivity (Wildman–Crippen MR) is 144 cm³/mol. The van der Waals surface area contributed by atoms with Crippen molar-refractivity contribution in [1.82, 2.24) is 4.98 Å². The molecule has 0 radical (unpaired) electrons. The minimum absolute atomic E-state index is 0.553. The third-order valence-corrected chi connectivity index (χ3v) is 8.36. The number of hydrogen-bond acceptors (Lipinski definition) is 4. The molecule has 0 aliphatic heterocycles. The lowest BCUT2D eigenvalue weighted by Gasteiger charge is -2.30. The monoisotopic (exact) mass is 475 g/mol. The number of hydrogen-bond donors (Lipinski definition) is 1. The summed E-state index contributed by atoms with van der Waals surface area (Å²) in [5.41, 5.74) is 9.15. The second-order valence-electron chi connectivity index (χ2n) is 8.93. The summed E-state index contributed by atoms with van der Waals surface area (Å²) < 4.78 is 1.22. The maximum absolute atomic E-state index is 6.42. The molecule has 0 unspecified atom stereocenters. The Morgan fingerprint density at radius 3 is 2.73 bits per heavy atom. The molecule has 0 atom stereocenters. The first-order valence-electron chi connectivity index (χ1n) is 11.8. The zero-order chi connectivity index (χ0) is 22.8. The third-order valence-electron chi connectivity index (χ3n) is 6.80. The number of pyridine rings is 1. The Bertz CT molecular complexity index is 1250. The highest BCUT2D eigenvalue weighted by Gasteiger charge is 2.20. The van der Waals surface area contributed by atoms with Crippen molar-refractivity contribution in [2.75, 3.05) is 23.8 Å². The number of anilines is 2. The average Bonchev–Trinajstić information content (AvgIpc) is 3.42. The number of thiophene rings is 1. The predicted octanol–water partition coefficient (Wildman–Crippen LogP) is 8.06. The van der Waals surface area contributed by atoms with Crippen molar-refractivity contribution in [1.29, 1.82) is 0 Å². The number of nitrogens with zero attached hydrogens (tertiary/aromatic N) is 2. The van der Waals surface area contributed by atoms with E-state index in [1.165, 1.54) is 51.4 Å². The smallest absolute Gasteiger partial charge is 0.131 e. The molecule has 0 spiro atoms. The molecule has 5 heteroatoms. The first-order chi connectivity index (χ1) is 16.1. The molecule has 0 amide bonds. The second-order valence-corrected chi connectivity index (χ2v) is 10.4. The van der Waals surface area contributed by atoms with Gasteiger partial charge in [0.25, 0.3) is 0 Å². The molecule has 3 aromatic rings. The first kappa shape index (κ1) is 22.2. The van der Waals surface area contributed by atoms with Gasteiger partial charge in [0, 0.05) is 35.9 Å². The van der Waals surface area contributed by atoms with Crippen molar-refractivity contribution in [3.8, 4) is 0 Å². The van der Waals surface area contributed by atoms with E-state index < -0.39 is 0 Å². The van der Waals surface area contributed by atoms with E-state index in [0.717, 1.165) is 37.0 Å². The largest absolute Gasteiger partial charge is 0.380 e. The van der Waals surface area contributed by atoms with Gasteiger partial charge >= 0.3 is 0 Å². The van der Waals surface area contributed by atoms with Crippen LogP contribution in [0.25, 0.3) is 10.2 Å². The van der Waals surface area contributed by atoms with Crippen LogP contribution >= 0.6 is 22.9 Å². The highest BCUT2D eigenvalue weighted by atomic mass is 35.5. The van der Waals surface area contributed by atoms with Gasteiger partial charge in [-0.25, -0.2) is 4.98 Å². The minimum Gasteiger partial charge on any atom is -0.380 e. The molecule has 2 aromatic heterocycles. The van der Waals surface area contributed by atoms with Crippen molar-refractivity contribution in [2.24, 2.45) is 0 Å². The summed E-state index contributed by atoms with van der Waals surface area (Å²) in [6, 6.07) is 12.7. The molecule has 5 rings (SSSR count). The van der Waals surface area contributed by atoms with Gasteiger partial charge in [0.2, 0.25) is 0 Å². The summed E-state index contributed by atoms with van der Waals surface area (Å²) in [7, 11) is 2.21. The van der Waals surface area contributed by atoms with Gasteiger partial charge in [0.05, 0.1) is 15.9 Å². The molecular formula is C28H30ClN3S. The van der Waals surface area contributed by atoms with Crippen molar-refractivity contribution in [2.45, 2.75) is 45.4 Å². The fourth-order valence-corrected chi connectivity index (χ4v) is 6.09. The Morgan fingerprint density at radius 1 is 1.21 bits per heavy atom. The number of rotatable bonds is 8. The van der Waals surface area contributed by atoms with E-state index >= 15 is 0 Å². The van der Waals surface area contributed by atoms with Gasteiger partial charge in [0.1, 0.15) is 5.15 Å². The molecule has 3 nitrogen and oxygen atoms in total. The molecule has 1 N–H and O–H groups in total. The van der Waals surface area contributed by atoms with Crippen LogP contribution in [-0.4, -0.2) is 18.6 Å². The Balaban J connectivity index is 1.39. The van der Waals surface area contributed by atoms with Crippen LogP contribution in [0.5, 0.6) is 0 Å². The van der Waals surface area contributed by atoms with Crippen molar-refractivity contribution < 1.29 is 0 Å². The fraction of sp³-hybridized carbons (Fsp3) is 0.321. The van der Waals surface area contributed by atoms with Gasteiger partial charge < -0.3 is 10.2 Å². The second kappa shape index (κ2) is 9.74. The molecule has 33 heavy (non-hydrogen) atoms. The Kier molecular flexibility index (Phi) is 6.57. The number of aromatic nitrogens is 1. The maximum atomic E-state index is 6.42. The topological polar surface area (TPSA) is 28.2 Å². The van der Waals surface area contributed by atoms with Gasteiger partial charge in [-0.2, -0.15) is 0 Å². The van der Waals surface area contributed by atoms with Crippen molar-refractivity contribution in [3.05, 3.63) is 87.1 Å². The van der Waals surface area contributed by atoms with Crippen LogP contribution < -0.4 is 10.2 Å². The van der Waals surface area contributed by atoms with E-state index in [1.807, 2.05) is 17.4 Å². The van der Waals surface area contributed by atoms with E-state index in [-0.39, 0.29) is 0 Å². The van der Waals surface area contributed by atoms with Crippen molar-refractivity contribution >= 4 is 44.5 Å². The molecule has 170 valence electrons. The zero-order valence-electron chi connectivity index (χ0n) is 19.3. The molecule has 0 bridgehead atoms. The summed E-state index contributed by atoms with van der Waals surface area (Å²) in [5, 5.41) is 4.17. The van der Waals surface area contributed by atoms with E-state index in [0.29, 0.717) is 5.15 Å². The van der Waals surface area contributed by atoms with E-state index in [1.54, 1.807) is 5.57 Å². The molecule has 1 fully saturated rings. The molecule has 1 aromatic carbocycles. The first-order valence-corrected chi connectivity index (χ1v) is 13.0. The Morgan fingerprint density at radius 2 is 2.03 bits per heavy atom. The van der Waals surface area contributed by atoms with E-state index in [9.17, 15) is 0 Å². The summed E-state index contributed by atoms with van der Waals surface area (Å²) in [4.78, 5) is 8.49. The number of benzene rings is 1. The van der Waals surface area contributed by atoms with Crippen LogP contribution in [0.2, 0.25) is 5.15 Å². The SMILES string of the molecule is Cc1c(CCC(=C2CCC2)N(C)c2ccccc2)sc2c(NCC3=CC=CC3)cc(Cl)nc12. The summed E-state index contributed by atoms with van der Waals surface area (Å²) in [6.07, 6.45) is 13.4. The van der Waals surface area contributed by atoms with Gasteiger partial charge in [-0.15, -0.1) is 11.3 Å². The molecule has 2 heterocycles. The number of aryl methyl sites for hydroxylation is 2. The van der Waals surface area contributed by atoms with E-state index in [4.69, 9.17) is 16.6 Å². The van der Waals surface area contributed by atoms with Crippen LogP contribution in [-0.2, 0) is 6.42 Å². The normalized spacial score (nSPS) is 15.0. The molecule has 0 saturated heterocycles. The lowest BCUT2D eigenvalue weighted by molar-refractivity contribution is 0.634. The van der Waals surface area contributed by atoms with Gasteiger partial charge in [-0.3, -0.25) is 0 Å². The van der Waals surface area contributed by atoms with Crippen LogP contribution in [0.1, 0.15) is 42.5 Å². The number of para-hydroxylation sites is 1. The molecular weight excluding hydrogens is 446 g/mol. The highest BCUT2D eigenvalue weighted by molar-refractivity contribution is 7.19. The fourth-order valence-electron chi connectivity index (χ4n) is 4.66. The molecule has 2 aliphatic carbocycles. The maximum Gasteiger partial charge on any atom is 0.131 e. The summed E-state index contributed by atoms with van der Waals surface area (Å²) >= 11 is 8.29. The Labute approximate surface area is 205 Å². The molecule has 1 saturated carbocycles. The van der Waals surface area contributed by atoms with Gasteiger partial charge in [-0.1, -0.05) is 53.6 Å². The standard InChI is InChI=1S/C28H30ClN3S/c1-19-25(16-15-24(21-11-8-12-21)32(2)22-13-4-3-5-14-22)33-28-23(17-26(29)31-27(19)28)30-18-20-9-6-7-10-20/h3-7,9,13-14,17H,8,10-12,15-16,18H2,1-2H3,(H,30,31). The van der Waals surface area contributed by atoms with E-state index in [2.05, 4.69) is 72.7 Å². The quantitative estimate of drug-likeness (QED) is 0.334. The van der Waals surface area contributed by atoms with Crippen molar-refractivity contribution in [3.63, 3.8) is 0 Å². The van der Waals surface area contributed by atoms with Crippen LogP contribution in [0.3, 0.4) is 0 Å². The van der Waals surface area contributed by atoms with Gasteiger partial charge in [-0.05, 0) is 68.7 Å². The molecule has 2 aliphatic rings. The lowest BCUT2D eigenvalue weighted by atomic mass is 9.88. The summed E-state index contributed by atoms with van der Waals surface area (Å²) in [6.45, 7) is 3.04.